The molecule has 1 N–H and O–H groups in total. The minimum Gasteiger partial charge on any atom is -0.495 e. The number of hydrogen-bond donors (Lipinski definition) is 1. The van der Waals surface area contributed by atoms with Crippen LogP contribution < -0.4 is 24.4 Å². The molecule has 0 aliphatic carbocycles. The average Bonchev–Trinajstić information content (AvgIpc) is 3.15. The van der Waals surface area contributed by atoms with E-state index in [1.165, 1.54) is 16.7 Å². The highest BCUT2D eigenvalue weighted by Crippen LogP contribution is 2.40. The summed E-state index contributed by atoms with van der Waals surface area (Å²) in [6.45, 7) is 4.05. The molecule has 1 saturated heterocycles. The normalized spacial score (nSPS) is 14.1. The number of rotatable bonds is 9. The summed E-state index contributed by atoms with van der Waals surface area (Å²) in [7, 11) is 1.55. The first-order valence-corrected chi connectivity index (χ1v) is 12.8. The van der Waals surface area contributed by atoms with Crippen LogP contribution in [0.5, 0.6) is 17.2 Å². The lowest BCUT2D eigenvalue weighted by Gasteiger charge is -2.17. The van der Waals surface area contributed by atoms with Gasteiger partial charge in [0.15, 0.2) is 22.4 Å². The molecule has 190 valence electrons. The lowest BCUT2D eigenvalue weighted by atomic mass is 10.1. The molecule has 1 fully saturated rings. The number of aryl methyl sites for hydroxylation is 1. The summed E-state index contributed by atoms with van der Waals surface area (Å²) in [5, 5.41) is 2.82. The topological polar surface area (TPSA) is 77.1 Å². The molecule has 3 aromatic rings. The number of thiocarbonyl (C=S) groups is 1. The monoisotopic (exact) mass is 534 g/mol. The maximum Gasteiger partial charge on any atom is 0.270 e. The predicted molar refractivity (Wildman–Crippen MR) is 152 cm³/mol. The summed E-state index contributed by atoms with van der Waals surface area (Å²) in [6.07, 6.45) is 1.76. The molecule has 4 rings (SSSR count). The van der Waals surface area contributed by atoms with Crippen molar-refractivity contribution in [2.75, 3.05) is 30.5 Å². The number of benzene rings is 3. The maximum atomic E-state index is 13.2. The fourth-order valence-corrected chi connectivity index (χ4v) is 4.99. The molecule has 0 aromatic heterocycles. The molecule has 0 radical (unpaired) electrons. The van der Waals surface area contributed by atoms with Gasteiger partial charge in [-0.15, -0.1) is 0 Å². The third-order valence-corrected chi connectivity index (χ3v) is 6.65. The lowest BCUT2D eigenvalue weighted by Crippen LogP contribution is -2.27. The number of hydrogen-bond acceptors (Lipinski definition) is 7. The first-order valence-electron chi connectivity index (χ1n) is 11.6. The highest BCUT2D eigenvalue weighted by molar-refractivity contribution is 8.27. The molecular formula is C28H26N2O5S2. The zero-order valence-electron chi connectivity index (χ0n) is 20.6. The molecule has 0 saturated carbocycles. The Labute approximate surface area is 225 Å². The summed E-state index contributed by atoms with van der Waals surface area (Å²) in [4.78, 5) is 27.5. The van der Waals surface area contributed by atoms with Crippen LogP contribution in [0.2, 0.25) is 0 Å². The third-order valence-electron chi connectivity index (χ3n) is 5.35. The van der Waals surface area contributed by atoms with Gasteiger partial charge < -0.3 is 19.5 Å². The van der Waals surface area contributed by atoms with Crippen LogP contribution in [0.15, 0.2) is 71.6 Å². The number of para-hydroxylation sites is 2. The fourth-order valence-electron chi connectivity index (χ4n) is 3.71. The second-order valence-corrected chi connectivity index (χ2v) is 9.71. The van der Waals surface area contributed by atoms with E-state index in [1.807, 2.05) is 50.2 Å². The SMILES string of the molecule is CCOc1cc(/C=C2/SC(=S)N(c3ccccc3OC)C2=O)ccc1OCC(=O)Nc1cccc(C)c1. The van der Waals surface area contributed by atoms with E-state index in [4.69, 9.17) is 26.4 Å². The molecule has 3 aromatic carbocycles. The number of anilines is 2. The number of carbonyl (C=O) groups is 2. The van der Waals surface area contributed by atoms with Gasteiger partial charge in [0.2, 0.25) is 0 Å². The minimum atomic E-state index is -0.280. The smallest absolute Gasteiger partial charge is 0.270 e. The molecule has 7 nitrogen and oxygen atoms in total. The predicted octanol–water partition coefficient (Wildman–Crippen LogP) is 5.83. The zero-order valence-corrected chi connectivity index (χ0v) is 22.3. The lowest BCUT2D eigenvalue weighted by molar-refractivity contribution is -0.118. The van der Waals surface area contributed by atoms with E-state index in [0.717, 1.165) is 11.1 Å². The van der Waals surface area contributed by atoms with Gasteiger partial charge >= 0.3 is 0 Å². The molecule has 0 spiro atoms. The van der Waals surface area contributed by atoms with Crippen molar-refractivity contribution in [1.29, 1.82) is 0 Å². The second-order valence-electron chi connectivity index (χ2n) is 8.03. The molecule has 1 aliphatic heterocycles. The van der Waals surface area contributed by atoms with E-state index < -0.39 is 0 Å². The molecule has 1 aliphatic rings. The Morgan fingerprint density at radius 1 is 1.03 bits per heavy atom. The van der Waals surface area contributed by atoms with Crippen LogP contribution in [-0.4, -0.2) is 36.5 Å². The Bertz CT molecular complexity index is 1370. The van der Waals surface area contributed by atoms with Crippen LogP contribution in [0, 0.1) is 6.92 Å². The van der Waals surface area contributed by atoms with Crippen molar-refractivity contribution in [3.8, 4) is 17.2 Å². The number of ether oxygens (including phenoxy) is 3. The van der Waals surface area contributed by atoms with Gasteiger partial charge in [0.25, 0.3) is 11.8 Å². The molecule has 37 heavy (non-hydrogen) atoms. The van der Waals surface area contributed by atoms with Gasteiger partial charge in [-0.2, -0.15) is 0 Å². The highest BCUT2D eigenvalue weighted by atomic mass is 32.2. The molecule has 1 heterocycles. The Morgan fingerprint density at radius 3 is 2.59 bits per heavy atom. The van der Waals surface area contributed by atoms with Gasteiger partial charge in [-0.05, 0) is 67.4 Å². The number of thioether (sulfide) groups is 1. The summed E-state index contributed by atoms with van der Waals surface area (Å²) >= 11 is 6.71. The summed E-state index contributed by atoms with van der Waals surface area (Å²) < 4.78 is 17.3. The van der Waals surface area contributed by atoms with Crippen LogP contribution in [0.3, 0.4) is 0 Å². The van der Waals surface area contributed by atoms with Crippen LogP contribution in [0.4, 0.5) is 11.4 Å². The van der Waals surface area contributed by atoms with Crippen LogP contribution in [-0.2, 0) is 9.59 Å². The summed E-state index contributed by atoms with van der Waals surface area (Å²) in [5.74, 6) is 0.953. The van der Waals surface area contributed by atoms with Gasteiger partial charge in [0, 0.05) is 5.69 Å². The van der Waals surface area contributed by atoms with Gasteiger partial charge in [-0.25, -0.2) is 0 Å². The number of carbonyl (C=O) groups excluding carboxylic acids is 2. The van der Waals surface area contributed by atoms with E-state index in [2.05, 4.69) is 5.32 Å². The van der Waals surface area contributed by atoms with Crippen LogP contribution in [0.1, 0.15) is 18.1 Å². The van der Waals surface area contributed by atoms with Gasteiger partial charge in [0.1, 0.15) is 5.75 Å². The van der Waals surface area contributed by atoms with E-state index in [1.54, 1.807) is 43.5 Å². The fraction of sp³-hybridized carbons (Fsp3) is 0.179. The van der Waals surface area contributed by atoms with E-state index >= 15 is 0 Å². The number of nitrogens with zero attached hydrogens (tertiary/aromatic N) is 1. The van der Waals surface area contributed by atoms with Crippen molar-refractivity contribution in [3.63, 3.8) is 0 Å². The van der Waals surface area contributed by atoms with E-state index in [-0.39, 0.29) is 18.4 Å². The number of methoxy groups -OCH3 is 1. The van der Waals surface area contributed by atoms with Crippen LogP contribution >= 0.6 is 24.0 Å². The molecule has 0 bridgehead atoms. The van der Waals surface area contributed by atoms with Gasteiger partial charge in [-0.1, -0.05) is 54.3 Å². The Kier molecular flexibility index (Phi) is 8.47. The van der Waals surface area contributed by atoms with Crippen molar-refractivity contribution < 1.29 is 23.8 Å². The van der Waals surface area contributed by atoms with Crippen molar-refractivity contribution in [2.45, 2.75) is 13.8 Å². The highest BCUT2D eigenvalue weighted by Gasteiger charge is 2.34. The third kappa shape index (κ3) is 6.31. The van der Waals surface area contributed by atoms with Crippen molar-refractivity contribution in [1.82, 2.24) is 0 Å². The summed E-state index contributed by atoms with van der Waals surface area (Å²) in [6, 6.07) is 20.1. The Balaban J connectivity index is 1.49. The number of amides is 2. The van der Waals surface area contributed by atoms with Crippen molar-refractivity contribution in [2.24, 2.45) is 0 Å². The summed E-state index contributed by atoms with van der Waals surface area (Å²) in [5.41, 5.74) is 3.09. The van der Waals surface area contributed by atoms with E-state index in [0.29, 0.717) is 44.5 Å². The maximum absolute atomic E-state index is 13.2. The van der Waals surface area contributed by atoms with Gasteiger partial charge in [-0.3, -0.25) is 14.5 Å². The Hall–Kier alpha value is -3.82. The standard InChI is InChI=1S/C28H26N2O5S2/c1-4-34-24-15-19(12-13-23(24)35-17-26(31)29-20-9-7-8-18(2)14-20)16-25-27(32)30(28(36)37-25)21-10-5-6-11-22(21)33-3/h5-16H,4,17H2,1-3H3,(H,29,31)/b25-16+. The quantitative estimate of drug-likeness (QED) is 0.274. The molecular weight excluding hydrogens is 508 g/mol. The van der Waals surface area contributed by atoms with Crippen molar-refractivity contribution in [3.05, 3.63) is 82.8 Å². The average molecular weight is 535 g/mol. The second kappa shape index (κ2) is 11.9. The first-order chi connectivity index (χ1) is 17.9. The first kappa shape index (κ1) is 26.2. The van der Waals surface area contributed by atoms with Gasteiger partial charge in [0.05, 0.1) is 24.3 Å². The molecule has 2 amide bonds. The van der Waals surface area contributed by atoms with Crippen LogP contribution in [0.25, 0.3) is 6.08 Å². The number of nitrogens with one attached hydrogen (secondary N) is 1. The molecule has 0 unspecified atom stereocenters. The minimum absolute atomic E-state index is 0.176. The molecule has 0 atom stereocenters. The van der Waals surface area contributed by atoms with E-state index in [9.17, 15) is 9.59 Å². The van der Waals surface area contributed by atoms with Crippen molar-refractivity contribution >= 4 is 57.6 Å². The molecule has 9 heteroatoms. The largest absolute Gasteiger partial charge is 0.495 e. The zero-order chi connectivity index (χ0) is 26.4. The Morgan fingerprint density at radius 2 is 1.84 bits per heavy atom.